The summed E-state index contributed by atoms with van der Waals surface area (Å²) in [5, 5.41) is 12.8. The first-order valence-corrected chi connectivity index (χ1v) is 13.9. The molecule has 2 atom stereocenters. The highest BCUT2D eigenvalue weighted by atomic mass is 16.5. The van der Waals surface area contributed by atoms with E-state index in [4.69, 9.17) is 13.6 Å². The van der Waals surface area contributed by atoms with Crippen molar-refractivity contribution in [1.29, 1.82) is 0 Å². The summed E-state index contributed by atoms with van der Waals surface area (Å²) >= 11 is 0. The van der Waals surface area contributed by atoms with Gasteiger partial charge in [-0.3, -0.25) is 4.79 Å². The summed E-state index contributed by atoms with van der Waals surface area (Å²) in [6.07, 6.45) is 6.90. The Morgan fingerprint density at radius 1 is 1.10 bits per heavy atom. The number of benzene rings is 2. The van der Waals surface area contributed by atoms with Crippen LogP contribution in [0.2, 0.25) is 0 Å². The number of aryl methyl sites for hydroxylation is 2. The average molecular weight is 530 g/mol. The number of hydrogen-bond acceptors (Lipinski definition) is 6. The molecule has 0 radical (unpaired) electrons. The van der Waals surface area contributed by atoms with Crippen molar-refractivity contribution < 1.29 is 23.5 Å². The summed E-state index contributed by atoms with van der Waals surface area (Å²) in [7, 11) is 1.64. The lowest BCUT2D eigenvalue weighted by Crippen LogP contribution is -2.54. The zero-order valence-electron chi connectivity index (χ0n) is 22.8. The number of rotatable bonds is 5. The van der Waals surface area contributed by atoms with Crippen LogP contribution in [0.25, 0.3) is 33.1 Å². The molecule has 1 saturated carbocycles. The lowest BCUT2D eigenvalue weighted by Gasteiger charge is -2.47. The Hall–Kier alpha value is -3.58. The van der Waals surface area contributed by atoms with Gasteiger partial charge in [0.25, 0.3) is 0 Å². The van der Waals surface area contributed by atoms with Crippen LogP contribution in [-0.2, 0) is 11.2 Å². The van der Waals surface area contributed by atoms with Crippen molar-refractivity contribution in [2.75, 3.05) is 20.2 Å². The number of furan rings is 1. The summed E-state index contributed by atoms with van der Waals surface area (Å²) < 4.78 is 17.1. The first kappa shape index (κ1) is 25.7. The van der Waals surface area contributed by atoms with Crippen molar-refractivity contribution in [3.8, 4) is 16.9 Å². The molecule has 1 amide bonds. The van der Waals surface area contributed by atoms with Gasteiger partial charge in [0.15, 0.2) is 0 Å². The molecular formula is C32H35NO6. The quantitative estimate of drug-likeness (QED) is 0.323. The predicted molar refractivity (Wildman–Crippen MR) is 150 cm³/mol. The normalized spacial score (nSPS) is 21.3. The number of hydrogen-bond donors (Lipinski definition) is 1. The first-order valence-electron chi connectivity index (χ1n) is 13.9. The third-order valence-corrected chi connectivity index (χ3v) is 9.11. The highest BCUT2D eigenvalue weighted by molar-refractivity contribution is 6.05. The molecule has 2 fully saturated rings. The summed E-state index contributed by atoms with van der Waals surface area (Å²) in [4.78, 5) is 28.1. The zero-order valence-corrected chi connectivity index (χ0v) is 22.8. The third kappa shape index (κ3) is 4.42. The SMILES string of the molecule is COc1ccc(-c2coc3c(C)c4oc(=O)c(CCC(=O)N5CC[C@]6(O)CCCC[C@@H]6C5)c(C)c4cc23)cc1. The van der Waals surface area contributed by atoms with Gasteiger partial charge in [-0.05, 0) is 68.9 Å². The zero-order chi connectivity index (χ0) is 27.3. The van der Waals surface area contributed by atoms with E-state index in [-0.39, 0.29) is 18.2 Å². The van der Waals surface area contributed by atoms with Crippen LogP contribution in [0.15, 0.2) is 50.2 Å². The third-order valence-electron chi connectivity index (χ3n) is 9.11. The van der Waals surface area contributed by atoms with Crippen LogP contribution in [0.1, 0.15) is 55.2 Å². The van der Waals surface area contributed by atoms with E-state index < -0.39 is 11.2 Å². The van der Waals surface area contributed by atoms with Gasteiger partial charge in [-0.15, -0.1) is 0 Å². The van der Waals surface area contributed by atoms with Gasteiger partial charge in [0.2, 0.25) is 5.91 Å². The Morgan fingerprint density at radius 3 is 2.67 bits per heavy atom. The molecule has 0 spiro atoms. The van der Waals surface area contributed by atoms with Gasteiger partial charge >= 0.3 is 5.63 Å². The molecule has 7 nitrogen and oxygen atoms in total. The molecule has 1 N–H and O–H groups in total. The van der Waals surface area contributed by atoms with E-state index >= 15 is 0 Å². The van der Waals surface area contributed by atoms with Crippen LogP contribution in [-0.4, -0.2) is 41.7 Å². The largest absolute Gasteiger partial charge is 0.497 e. The minimum atomic E-state index is -0.619. The minimum absolute atomic E-state index is 0.0322. The van der Waals surface area contributed by atoms with Crippen LogP contribution < -0.4 is 10.4 Å². The van der Waals surface area contributed by atoms with Gasteiger partial charge in [-0.25, -0.2) is 4.79 Å². The molecule has 2 aliphatic rings. The summed E-state index contributed by atoms with van der Waals surface area (Å²) in [6.45, 7) is 5.01. The molecule has 2 aromatic carbocycles. The second-order valence-corrected chi connectivity index (χ2v) is 11.3. The number of carbonyl (C=O) groups is 1. The molecule has 0 unspecified atom stereocenters. The standard InChI is InChI=1S/C32H35NO6/c1-19-24(11-12-28(34)33-15-14-32(36)13-5-4-6-22(32)17-33)31(35)39-30-20(2)29-26(16-25(19)30)27(18-38-29)21-7-9-23(37-3)10-8-21/h7-10,16,18,22,36H,4-6,11-15,17H2,1-3H3/t22-,32-/m1/s1. The number of aliphatic hydroxyl groups is 1. The Balaban J connectivity index is 1.29. The van der Waals surface area contributed by atoms with E-state index in [1.54, 1.807) is 13.4 Å². The van der Waals surface area contributed by atoms with Gasteiger partial charge in [-0.2, -0.15) is 0 Å². The molecule has 1 aliphatic heterocycles. The topological polar surface area (TPSA) is 93.1 Å². The first-order chi connectivity index (χ1) is 18.8. The monoisotopic (exact) mass is 529 g/mol. The molecule has 3 heterocycles. The Labute approximate surface area is 227 Å². The minimum Gasteiger partial charge on any atom is -0.497 e. The number of fused-ring (bicyclic) bond motifs is 3. The molecule has 39 heavy (non-hydrogen) atoms. The van der Waals surface area contributed by atoms with Crippen LogP contribution in [0.3, 0.4) is 0 Å². The molecule has 0 bridgehead atoms. The van der Waals surface area contributed by atoms with Gasteiger partial charge < -0.3 is 23.6 Å². The maximum absolute atomic E-state index is 13.2. The van der Waals surface area contributed by atoms with Crippen LogP contribution in [0, 0.1) is 19.8 Å². The second kappa shape index (κ2) is 9.87. The fraction of sp³-hybridized carbons (Fsp3) is 0.438. The summed E-state index contributed by atoms with van der Waals surface area (Å²) in [5.74, 6) is 0.963. The highest BCUT2D eigenvalue weighted by Gasteiger charge is 2.43. The molecular weight excluding hydrogens is 494 g/mol. The van der Waals surface area contributed by atoms with E-state index in [1.165, 1.54) is 0 Å². The number of amides is 1. The summed E-state index contributed by atoms with van der Waals surface area (Å²) in [5.41, 5.74) is 4.28. The number of methoxy groups -OCH3 is 1. The lowest BCUT2D eigenvalue weighted by molar-refractivity contribution is -0.143. The Kier molecular flexibility index (Phi) is 6.50. The van der Waals surface area contributed by atoms with Crippen molar-refractivity contribution in [3.05, 3.63) is 63.7 Å². The molecule has 1 aliphatic carbocycles. The number of carbonyl (C=O) groups excluding carboxylic acids is 1. The number of ether oxygens (including phenoxy) is 1. The molecule has 6 rings (SSSR count). The molecule has 7 heteroatoms. The van der Waals surface area contributed by atoms with Crippen molar-refractivity contribution in [2.45, 2.75) is 64.4 Å². The molecule has 204 valence electrons. The van der Waals surface area contributed by atoms with E-state index in [9.17, 15) is 14.7 Å². The summed E-state index contributed by atoms with van der Waals surface area (Å²) in [6, 6.07) is 9.84. The number of nitrogens with zero attached hydrogens (tertiary/aromatic N) is 1. The van der Waals surface area contributed by atoms with Crippen molar-refractivity contribution in [3.63, 3.8) is 0 Å². The fourth-order valence-electron chi connectivity index (χ4n) is 6.67. The molecule has 2 aromatic heterocycles. The van der Waals surface area contributed by atoms with E-state index in [2.05, 4.69) is 0 Å². The van der Waals surface area contributed by atoms with Gasteiger partial charge in [-0.1, -0.05) is 25.0 Å². The number of likely N-dealkylation sites (tertiary alicyclic amines) is 1. The number of piperidine rings is 1. The molecule has 4 aromatic rings. The van der Waals surface area contributed by atoms with E-state index in [0.717, 1.165) is 64.5 Å². The van der Waals surface area contributed by atoms with E-state index in [1.807, 2.05) is 49.1 Å². The van der Waals surface area contributed by atoms with Gasteiger partial charge in [0.05, 0.1) is 19.0 Å². The van der Waals surface area contributed by atoms with Crippen LogP contribution >= 0.6 is 0 Å². The fourth-order valence-corrected chi connectivity index (χ4v) is 6.67. The predicted octanol–water partition coefficient (Wildman–Crippen LogP) is 5.92. The average Bonchev–Trinajstić information content (AvgIpc) is 3.37. The lowest BCUT2D eigenvalue weighted by atomic mass is 9.71. The van der Waals surface area contributed by atoms with Crippen molar-refractivity contribution in [1.82, 2.24) is 4.90 Å². The van der Waals surface area contributed by atoms with Crippen LogP contribution in [0.5, 0.6) is 5.75 Å². The molecule has 1 saturated heterocycles. The van der Waals surface area contributed by atoms with Gasteiger partial charge in [0, 0.05) is 52.9 Å². The van der Waals surface area contributed by atoms with Crippen molar-refractivity contribution >= 4 is 27.8 Å². The Morgan fingerprint density at radius 2 is 1.90 bits per heavy atom. The highest BCUT2D eigenvalue weighted by Crippen LogP contribution is 2.40. The van der Waals surface area contributed by atoms with Crippen LogP contribution in [0.4, 0.5) is 0 Å². The van der Waals surface area contributed by atoms with Gasteiger partial charge in [0.1, 0.15) is 16.9 Å². The smallest absolute Gasteiger partial charge is 0.339 e. The Bertz CT molecular complexity index is 1610. The van der Waals surface area contributed by atoms with E-state index in [0.29, 0.717) is 42.7 Å². The second-order valence-electron chi connectivity index (χ2n) is 11.3. The maximum Gasteiger partial charge on any atom is 0.339 e. The van der Waals surface area contributed by atoms with Crippen molar-refractivity contribution in [2.24, 2.45) is 5.92 Å². The maximum atomic E-state index is 13.2.